The van der Waals surface area contributed by atoms with Crippen LogP contribution in [0.3, 0.4) is 0 Å². The molecule has 0 aromatic heterocycles. The molecule has 1 saturated carbocycles. The Morgan fingerprint density at radius 3 is 2.00 bits per heavy atom. The van der Waals surface area contributed by atoms with Crippen LogP contribution in [0.2, 0.25) is 0 Å². The quantitative estimate of drug-likeness (QED) is 0.512. The monoisotopic (exact) mass is 208 g/mol. The van der Waals surface area contributed by atoms with Gasteiger partial charge < -0.3 is 0 Å². The van der Waals surface area contributed by atoms with Crippen LogP contribution in [0.5, 0.6) is 0 Å². The zero-order valence-electron chi connectivity index (χ0n) is 9.30. The van der Waals surface area contributed by atoms with Crippen LogP contribution in [0.25, 0.3) is 0 Å². The molecular weight excluding hydrogens is 192 g/mol. The lowest BCUT2D eigenvalue weighted by atomic mass is 9.70. The highest BCUT2D eigenvalue weighted by Crippen LogP contribution is 2.36. The minimum absolute atomic E-state index is 0.213. The second-order valence-corrected chi connectivity index (χ2v) is 4.47. The van der Waals surface area contributed by atoms with Crippen LogP contribution in [0.1, 0.15) is 27.2 Å². The fourth-order valence-electron chi connectivity index (χ4n) is 2.44. The Bertz CT molecular complexity index is 317. The number of nitrogens with zero attached hydrogens (tertiary/aromatic N) is 2. The molecule has 0 aliphatic heterocycles. The predicted molar refractivity (Wildman–Crippen MR) is 55.9 cm³/mol. The van der Waals surface area contributed by atoms with E-state index in [9.17, 15) is 9.59 Å². The standard InChI is InChI=1S/C11H16N2O2/c1-7-4-8(2)10(12-5-14)11(9(7)3)13-6-15/h7-11H,4H2,1-3H3. The summed E-state index contributed by atoms with van der Waals surface area (Å²) >= 11 is 0. The molecule has 0 N–H and O–H groups in total. The molecular formula is C11H16N2O2. The highest BCUT2D eigenvalue weighted by molar-refractivity contribution is 5.36. The molecule has 4 heteroatoms. The van der Waals surface area contributed by atoms with Crippen LogP contribution in [-0.2, 0) is 9.59 Å². The first-order chi connectivity index (χ1) is 7.11. The number of hydrogen-bond acceptors (Lipinski definition) is 4. The molecule has 1 fully saturated rings. The van der Waals surface area contributed by atoms with Gasteiger partial charge in [-0.05, 0) is 24.2 Å². The summed E-state index contributed by atoms with van der Waals surface area (Å²) in [6, 6.07) is -0.433. The van der Waals surface area contributed by atoms with Crippen LogP contribution < -0.4 is 0 Å². The fourth-order valence-corrected chi connectivity index (χ4v) is 2.44. The van der Waals surface area contributed by atoms with Gasteiger partial charge in [-0.25, -0.2) is 9.59 Å². The molecule has 1 rings (SSSR count). The van der Waals surface area contributed by atoms with E-state index in [0.29, 0.717) is 5.92 Å². The maximum Gasteiger partial charge on any atom is 0.235 e. The van der Waals surface area contributed by atoms with Gasteiger partial charge in [0.2, 0.25) is 12.2 Å². The van der Waals surface area contributed by atoms with E-state index in [0.717, 1.165) is 6.42 Å². The van der Waals surface area contributed by atoms with E-state index in [-0.39, 0.29) is 23.9 Å². The van der Waals surface area contributed by atoms with Gasteiger partial charge in [0.1, 0.15) is 0 Å². The summed E-state index contributed by atoms with van der Waals surface area (Å²) in [4.78, 5) is 28.2. The third-order valence-corrected chi connectivity index (χ3v) is 3.52. The van der Waals surface area contributed by atoms with Gasteiger partial charge >= 0.3 is 0 Å². The number of isocyanates is 2. The van der Waals surface area contributed by atoms with Crippen molar-refractivity contribution in [1.82, 2.24) is 0 Å². The average molecular weight is 208 g/mol. The molecule has 0 saturated heterocycles. The maximum atomic E-state index is 10.3. The molecule has 0 aromatic carbocycles. The second kappa shape index (κ2) is 5.01. The minimum atomic E-state index is -0.220. The first-order valence-corrected chi connectivity index (χ1v) is 5.25. The molecule has 1 aliphatic carbocycles. The molecule has 5 atom stereocenters. The van der Waals surface area contributed by atoms with Gasteiger partial charge in [0.25, 0.3) is 0 Å². The zero-order valence-corrected chi connectivity index (χ0v) is 9.30. The van der Waals surface area contributed by atoms with Crippen LogP contribution >= 0.6 is 0 Å². The van der Waals surface area contributed by atoms with E-state index in [1.807, 2.05) is 13.8 Å². The van der Waals surface area contributed by atoms with E-state index < -0.39 is 0 Å². The molecule has 0 amide bonds. The van der Waals surface area contributed by atoms with Crippen molar-refractivity contribution in [3.8, 4) is 0 Å². The van der Waals surface area contributed by atoms with Gasteiger partial charge in [0.05, 0.1) is 12.1 Å². The summed E-state index contributed by atoms with van der Waals surface area (Å²) in [5.41, 5.74) is 0. The smallest absolute Gasteiger partial charge is 0.211 e. The lowest BCUT2D eigenvalue weighted by Gasteiger charge is -2.38. The average Bonchev–Trinajstić information content (AvgIpc) is 2.20. The number of carbonyl (C=O) groups excluding carboxylic acids is 2. The topological polar surface area (TPSA) is 58.9 Å². The third kappa shape index (κ3) is 2.41. The van der Waals surface area contributed by atoms with Gasteiger partial charge in [-0.15, -0.1) is 0 Å². The normalized spacial score (nSPS) is 40.1. The highest BCUT2D eigenvalue weighted by Gasteiger charge is 2.39. The second-order valence-electron chi connectivity index (χ2n) is 4.47. The van der Waals surface area contributed by atoms with E-state index in [4.69, 9.17) is 0 Å². The van der Waals surface area contributed by atoms with Gasteiger partial charge in [0, 0.05) is 0 Å². The van der Waals surface area contributed by atoms with Gasteiger partial charge in [-0.1, -0.05) is 20.8 Å². The minimum Gasteiger partial charge on any atom is -0.211 e. The molecule has 0 radical (unpaired) electrons. The summed E-state index contributed by atoms with van der Waals surface area (Å²) in [5, 5.41) is 0. The predicted octanol–water partition coefficient (Wildman–Crippen LogP) is 1.71. The summed E-state index contributed by atoms with van der Waals surface area (Å²) in [5.74, 6) is 1.00. The Balaban J connectivity index is 2.99. The Morgan fingerprint density at radius 2 is 1.47 bits per heavy atom. The van der Waals surface area contributed by atoms with Crippen molar-refractivity contribution in [2.24, 2.45) is 27.7 Å². The molecule has 0 heterocycles. The number of hydrogen-bond donors (Lipinski definition) is 0. The molecule has 1 aliphatic rings. The summed E-state index contributed by atoms with van der Waals surface area (Å²) in [7, 11) is 0. The molecule has 0 aromatic rings. The molecule has 0 spiro atoms. The Morgan fingerprint density at radius 1 is 0.933 bits per heavy atom. The van der Waals surface area contributed by atoms with Gasteiger partial charge in [-0.3, -0.25) is 0 Å². The molecule has 5 unspecified atom stereocenters. The van der Waals surface area contributed by atoms with Crippen LogP contribution in [0, 0.1) is 17.8 Å². The first-order valence-electron chi connectivity index (χ1n) is 5.25. The van der Waals surface area contributed by atoms with E-state index in [1.54, 1.807) is 12.2 Å². The lowest BCUT2D eigenvalue weighted by Crippen LogP contribution is -2.43. The number of rotatable bonds is 2. The first kappa shape index (κ1) is 11.8. The fraction of sp³-hybridized carbons (Fsp3) is 0.818. The molecule has 15 heavy (non-hydrogen) atoms. The van der Waals surface area contributed by atoms with Crippen molar-refractivity contribution in [2.75, 3.05) is 0 Å². The Labute approximate surface area is 89.5 Å². The molecule has 0 bridgehead atoms. The van der Waals surface area contributed by atoms with Crippen molar-refractivity contribution in [3.05, 3.63) is 0 Å². The lowest BCUT2D eigenvalue weighted by molar-refractivity contribution is 0.163. The molecule has 4 nitrogen and oxygen atoms in total. The van der Waals surface area contributed by atoms with E-state index >= 15 is 0 Å². The number of aliphatic imine (C=N–C) groups is 2. The highest BCUT2D eigenvalue weighted by atomic mass is 16.1. The third-order valence-electron chi connectivity index (χ3n) is 3.52. The van der Waals surface area contributed by atoms with Crippen LogP contribution in [0.15, 0.2) is 9.98 Å². The van der Waals surface area contributed by atoms with Crippen molar-refractivity contribution < 1.29 is 9.59 Å². The van der Waals surface area contributed by atoms with Crippen LogP contribution in [0.4, 0.5) is 0 Å². The van der Waals surface area contributed by atoms with E-state index in [2.05, 4.69) is 16.9 Å². The summed E-state index contributed by atoms with van der Waals surface area (Å²) in [6.45, 7) is 6.20. The summed E-state index contributed by atoms with van der Waals surface area (Å²) < 4.78 is 0. The summed E-state index contributed by atoms with van der Waals surface area (Å²) in [6.07, 6.45) is 4.16. The Kier molecular flexibility index (Phi) is 3.96. The van der Waals surface area contributed by atoms with Crippen molar-refractivity contribution >= 4 is 12.2 Å². The van der Waals surface area contributed by atoms with E-state index in [1.165, 1.54) is 0 Å². The molecule has 82 valence electrons. The van der Waals surface area contributed by atoms with Crippen LogP contribution in [-0.4, -0.2) is 24.2 Å². The SMILES string of the molecule is CC1CC(C)C(N=C=O)C(N=C=O)C1C. The Hall–Kier alpha value is -1.24. The maximum absolute atomic E-state index is 10.3. The van der Waals surface area contributed by atoms with Crippen molar-refractivity contribution in [2.45, 2.75) is 39.3 Å². The van der Waals surface area contributed by atoms with Crippen molar-refractivity contribution in [1.29, 1.82) is 0 Å². The largest absolute Gasteiger partial charge is 0.235 e. The van der Waals surface area contributed by atoms with Crippen molar-refractivity contribution in [3.63, 3.8) is 0 Å². The van der Waals surface area contributed by atoms with Gasteiger partial charge in [-0.2, -0.15) is 9.98 Å². The van der Waals surface area contributed by atoms with Gasteiger partial charge in [0.15, 0.2) is 0 Å². The zero-order chi connectivity index (χ0) is 11.4.